The van der Waals surface area contributed by atoms with Crippen molar-refractivity contribution >= 4 is 5.97 Å². The summed E-state index contributed by atoms with van der Waals surface area (Å²) in [6.07, 6.45) is 2.78. The van der Waals surface area contributed by atoms with Crippen molar-refractivity contribution in [3.05, 3.63) is 28.8 Å². The number of piperidine rings is 1. The number of rotatable bonds is 4. The molecule has 4 heteroatoms. The van der Waals surface area contributed by atoms with Gasteiger partial charge in [-0.2, -0.15) is 0 Å². The van der Waals surface area contributed by atoms with E-state index in [1.807, 2.05) is 0 Å². The van der Waals surface area contributed by atoms with Crippen LogP contribution >= 0.6 is 0 Å². The second-order valence-electron chi connectivity index (χ2n) is 7.58. The predicted molar refractivity (Wildman–Crippen MR) is 92.1 cm³/mol. The quantitative estimate of drug-likeness (QED) is 0.918. The van der Waals surface area contributed by atoms with Crippen LogP contribution in [-0.4, -0.2) is 35.7 Å². The van der Waals surface area contributed by atoms with E-state index in [1.165, 1.54) is 11.1 Å². The number of aryl methyl sites for hydroxylation is 1. The molecule has 0 bridgehead atoms. The van der Waals surface area contributed by atoms with Crippen LogP contribution in [0, 0.1) is 6.92 Å². The molecule has 128 valence electrons. The van der Waals surface area contributed by atoms with Gasteiger partial charge in [0.05, 0.1) is 7.11 Å². The Morgan fingerprint density at radius 2 is 2.04 bits per heavy atom. The summed E-state index contributed by atoms with van der Waals surface area (Å²) < 4.78 is 5.72. The monoisotopic (exact) mass is 319 g/mol. The second kappa shape index (κ2) is 6.91. The molecule has 23 heavy (non-hydrogen) atoms. The van der Waals surface area contributed by atoms with Crippen LogP contribution < -0.4 is 4.74 Å². The zero-order valence-corrected chi connectivity index (χ0v) is 15.0. The number of carboxylic acids is 1. The van der Waals surface area contributed by atoms with Gasteiger partial charge < -0.3 is 9.84 Å². The van der Waals surface area contributed by atoms with Gasteiger partial charge in [-0.15, -0.1) is 0 Å². The molecule has 1 N–H and O–H groups in total. The van der Waals surface area contributed by atoms with Crippen LogP contribution in [-0.2, 0) is 16.8 Å². The van der Waals surface area contributed by atoms with E-state index in [0.717, 1.165) is 37.1 Å². The third kappa shape index (κ3) is 4.05. The lowest BCUT2D eigenvalue weighted by atomic mass is 9.84. The van der Waals surface area contributed by atoms with Crippen molar-refractivity contribution in [3.63, 3.8) is 0 Å². The average molecular weight is 319 g/mol. The van der Waals surface area contributed by atoms with Gasteiger partial charge in [0.15, 0.2) is 0 Å². The summed E-state index contributed by atoms with van der Waals surface area (Å²) in [6.45, 7) is 10.1. The minimum Gasteiger partial charge on any atom is -0.496 e. The zero-order chi connectivity index (χ0) is 17.2. The lowest BCUT2D eigenvalue weighted by Crippen LogP contribution is -2.44. The maximum atomic E-state index is 11.5. The Morgan fingerprint density at radius 1 is 1.35 bits per heavy atom. The lowest BCUT2D eigenvalue weighted by Gasteiger charge is -2.34. The highest BCUT2D eigenvalue weighted by Gasteiger charge is 2.30. The minimum atomic E-state index is -0.715. The van der Waals surface area contributed by atoms with Gasteiger partial charge in [0.2, 0.25) is 0 Å². The van der Waals surface area contributed by atoms with Crippen molar-refractivity contribution in [2.24, 2.45) is 0 Å². The number of ether oxygens (including phenoxy) is 1. The predicted octanol–water partition coefficient (Wildman–Crippen LogP) is 3.74. The first kappa shape index (κ1) is 17.8. The van der Waals surface area contributed by atoms with Gasteiger partial charge >= 0.3 is 5.97 Å². The van der Waals surface area contributed by atoms with Crippen molar-refractivity contribution in [1.82, 2.24) is 4.90 Å². The molecule has 0 spiro atoms. The highest BCUT2D eigenvalue weighted by Crippen LogP contribution is 2.36. The number of likely N-dealkylation sites (tertiary alicyclic amines) is 1. The van der Waals surface area contributed by atoms with Gasteiger partial charge in [0, 0.05) is 17.7 Å². The molecule has 0 aliphatic carbocycles. The Kier molecular flexibility index (Phi) is 5.35. The highest BCUT2D eigenvalue weighted by molar-refractivity contribution is 5.73. The van der Waals surface area contributed by atoms with Gasteiger partial charge in [-0.25, -0.2) is 0 Å². The molecule has 1 saturated heterocycles. The first-order valence-corrected chi connectivity index (χ1v) is 8.39. The molecular formula is C19H29NO3. The Hall–Kier alpha value is -1.55. The van der Waals surface area contributed by atoms with Gasteiger partial charge in [-0.05, 0) is 31.7 Å². The van der Waals surface area contributed by atoms with Crippen molar-refractivity contribution in [2.45, 2.75) is 65.0 Å². The Bertz CT molecular complexity index is 575. The first-order valence-electron chi connectivity index (χ1n) is 8.39. The maximum Gasteiger partial charge on any atom is 0.320 e. The Labute approximate surface area is 139 Å². The average Bonchev–Trinajstić information content (AvgIpc) is 2.46. The number of nitrogens with zero attached hydrogens (tertiary/aromatic N) is 1. The highest BCUT2D eigenvalue weighted by atomic mass is 16.5. The molecule has 4 nitrogen and oxygen atoms in total. The van der Waals surface area contributed by atoms with E-state index >= 15 is 0 Å². The van der Waals surface area contributed by atoms with Crippen LogP contribution in [0.25, 0.3) is 0 Å². The van der Waals surface area contributed by atoms with Gasteiger partial charge in [0.1, 0.15) is 11.8 Å². The first-order chi connectivity index (χ1) is 10.7. The Balaban J connectivity index is 2.38. The standard InChI is InChI=1S/C19H29NO3/c1-13-10-14(17(23-5)15(11-13)19(2,3)4)12-20-9-7-6-8-16(20)18(21)22/h10-11,16H,6-9,12H2,1-5H3,(H,21,22). The van der Waals surface area contributed by atoms with Crippen LogP contribution in [0.15, 0.2) is 12.1 Å². The maximum absolute atomic E-state index is 11.5. The number of methoxy groups -OCH3 is 1. The minimum absolute atomic E-state index is 0.0137. The van der Waals surface area contributed by atoms with Crippen molar-refractivity contribution in [2.75, 3.05) is 13.7 Å². The summed E-state index contributed by atoms with van der Waals surface area (Å²) in [4.78, 5) is 13.6. The summed E-state index contributed by atoms with van der Waals surface area (Å²) in [5, 5.41) is 9.48. The summed E-state index contributed by atoms with van der Waals surface area (Å²) >= 11 is 0. The van der Waals surface area contributed by atoms with Gasteiger partial charge in [-0.3, -0.25) is 9.69 Å². The number of hydrogen-bond donors (Lipinski definition) is 1. The third-order valence-electron chi connectivity index (χ3n) is 4.59. The van der Waals surface area contributed by atoms with Gasteiger partial charge in [0.25, 0.3) is 0 Å². The molecule has 1 aliphatic rings. The molecule has 1 aliphatic heterocycles. The Morgan fingerprint density at radius 3 is 2.61 bits per heavy atom. The van der Waals surface area contributed by atoms with Crippen LogP contribution in [0.1, 0.15) is 56.7 Å². The van der Waals surface area contributed by atoms with E-state index in [2.05, 4.69) is 44.7 Å². The number of carboxylic acid groups (broad SMARTS) is 1. The molecule has 1 fully saturated rings. The van der Waals surface area contributed by atoms with Crippen molar-refractivity contribution < 1.29 is 14.6 Å². The number of carbonyl (C=O) groups is 1. The third-order valence-corrected chi connectivity index (χ3v) is 4.59. The summed E-state index contributed by atoms with van der Waals surface area (Å²) in [6, 6.07) is 3.92. The molecule has 0 radical (unpaired) electrons. The van der Waals surface area contributed by atoms with E-state index in [4.69, 9.17) is 4.74 Å². The SMILES string of the molecule is COc1c(CN2CCCCC2C(=O)O)cc(C)cc1C(C)(C)C. The zero-order valence-electron chi connectivity index (χ0n) is 15.0. The number of aliphatic carboxylic acids is 1. The molecule has 1 unspecified atom stereocenters. The molecule has 1 aromatic rings. The van der Waals surface area contributed by atoms with E-state index in [-0.39, 0.29) is 11.5 Å². The van der Waals surface area contributed by atoms with Crippen LogP contribution in [0.5, 0.6) is 5.75 Å². The molecule has 0 amide bonds. The van der Waals surface area contributed by atoms with Crippen molar-refractivity contribution in [1.29, 1.82) is 0 Å². The molecule has 0 saturated carbocycles. The summed E-state index contributed by atoms with van der Waals surface area (Å²) in [7, 11) is 1.70. The lowest BCUT2D eigenvalue weighted by molar-refractivity contribution is -0.144. The molecule has 1 heterocycles. The summed E-state index contributed by atoms with van der Waals surface area (Å²) in [5.74, 6) is 0.185. The molecule has 1 atom stereocenters. The van der Waals surface area contributed by atoms with Crippen molar-refractivity contribution in [3.8, 4) is 5.75 Å². The van der Waals surface area contributed by atoms with E-state index in [0.29, 0.717) is 6.54 Å². The fourth-order valence-electron chi connectivity index (χ4n) is 3.44. The second-order valence-corrected chi connectivity index (χ2v) is 7.58. The summed E-state index contributed by atoms with van der Waals surface area (Å²) in [5.41, 5.74) is 3.44. The van der Waals surface area contributed by atoms with E-state index in [9.17, 15) is 9.90 Å². The fraction of sp³-hybridized carbons (Fsp3) is 0.632. The van der Waals surface area contributed by atoms with Crippen LogP contribution in [0.3, 0.4) is 0 Å². The number of benzene rings is 1. The molecular weight excluding hydrogens is 290 g/mol. The molecule has 0 aromatic heterocycles. The molecule has 1 aromatic carbocycles. The smallest absolute Gasteiger partial charge is 0.320 e. The van der Waals surface area contributed by atoms with E-state index < -0.39 is 5.97 Å². The normalized spacial score (nSPS) is 19.6. The van der Waals surface area contributed by atoms with Crippen LogP contribution in [0.4, 0.5) is 0 Å². The van der Waals surface area contributed by atoms with Gasteiger partial charge in [-0.1, -0.05) is 44.9 Å². The van der Waals surface area contributed by atoms with E-state index in [1.54, 1.807) is 7.11 Å². The molecule has 2 rings (SSSR count). The fourth-order valence-corrected chi connectivity index (χ4v) is 3.44. The topological polar surface area (TPSA) is 49.8 Å². The largest absolute Gasteiger partial charge is 0.496 e. The van der Waals surface area contributed by atoms with Crippen LogP contribution in [0.2, 0.25) is 0 Å². The number of hydrogen-bond acceptors (Lipinski definition) is 3.